The van der Waals surface area contributed by atoms with Gasteiger partial charge < -0.3 is 40.3 Å². The molecule has 1 amide bonds. The number of hydrogen-bond donors (Lipinski definition) is 6. The van der Waals surface area contributed by atoms with Gasteiger partial charge >= 0.3 is 0 Å². The first-order valence-corrected chi connectivity index (χ1v) is 20.8. The normalized spacial score (nSPS) is 22.9. The van der Waals surface area contributed by atoms with Crippen LogP contribution in [0.4, 0.5) is 0 Å². The molecule has 8 unspecified atom stereocenters. The highest BCUT2D eigenvalue weighted by Gasteiger charge is 2.44. The zero-order chi connectivity index (χ0) is 36.8. The van der Waals surface area contributed by atoms with Crippen molar-refractivity contribution in [3.05, 3.63) is 12.2 Å². The largest absolute Gasteiger partial charge is 0.394 e. The lowest BCUT2D eigenvalue weighted by molar-refractivity contribution is -0.302. The lowest BCUT2D eigenvalue weighted by Gasteiger charge is -2.40. The van der Waals surface area contributed by atoms with E-state index in [0.29, 0.717) is 6.42 Å². The minimum Gasteiger partial charge on any atom is -0.394 e. The van der Waals surface area contributed by atoms with Crippen molar-refractivity contribution in [1.29, 1.82) is 0 Å². The number of aliphatic hydroxyl groups excluding tert-OH is 5. The Balaban J connectivity index is 2.41. The van der Waals surface area contributed by atoms with Crippen LogP contribution in [0.2, 0.25) is 0 Å². The highest BCUT2D eigenvalue weighted by atomic mass is 16.7. The summed E-state index contributed by atoms with van der Waals surface area (Å²) in [5.41, 5.74) is 0. The molecule has 1 rings (SSSR count). The van der Waals surface area contributed by atoms with Crippen LogP contribution in [0.15, 0.2) is 12.2 Å². The van der Waals surface area contributed by atoms with Crippen molar-refractivity contribution >= 4 is 5.91 Å². The van der Waals surface area contributed by atoms with Crippen LogP contribution in [0.1, 0.15) is 181 Å². The van der Waals surface area contributed by atoms with Crippen molar-refractivity contribution in [2.45, 2.75) is 224 Å². The van der Waals surface area contributed by atoms with E-state index < -0.39 is 49.5 Å². The smallest absolute Gasteiger partial charge is 0.220 e. The minimum absolute atomic E-state index is 0.178. The van der Waals surface area contributed by atoms with Crippen LogP contribution in [-0.2, 0) is 14.3 Å². The summed E-state index contributed by atoms with van der Waals surface area (Å²) in [6.07, 6.45) is 25.4. The summed E-state index contributed by atoms with van der Waals surface area (Å²) in [5.74, 6) is 0.639. The van der Waals surface area contributed by atoms with Gasteiger partial charge in [0.15, 0.2) is 6.29 Å². The van der Waals surface area contributed by atoms with E-state index in [-0.39, 0.29) is 12.5 Å². The minimum atomic E-state index is -1.56. The van der Waals surface area contributed by atoms with Crippen LogP contribution in [0, 0.1) is 5.92 Å². The number of carbonyl (C=O) groups is 1. The average Bonchev–Trinajstić information content (AvgIpc) is 3.11. The monoisotopic (exact) mass is 714 g/mol. The van der Waals surface area contributed by atoms with Gasteiger partial charge in [0.2, 0.25) is 5.91 Å². The second-order valence-corrected chi connectivity index (χ2v) is 15.0. The highest BCUT2D eigenvalue weighted by Crippen LogP contribution is 2.23. The SMILES string of the molecule is CCCCCCCCCCCCCCCCCC(=O)NC(COC1OC(CO)C(O)C(O)C1O)C(O)C=CCCCCCCCCC(C)CC. The molecule has 50 heavy (non-hydrogen) atoms. The molecule has 1 aliphatic heterocycles. The van der Waals surface area contributed by atoms with Gasteiger partial charge in [-0.1, -0.05) is 168 Å². The number of amides is 1. The van der Waals surface area contributed by atoms with Gasteiger partial charge in [0.1, 0.15) is 24.4 Å². The standard InChI is InChI=1S/C41H79NO8/c1-4-6-7-8-9-10-11-12-13-14-15-16-21-24-27-30-37(45)42-34(32-49-41-40(48)39(47)38(46)36(31-43)50-41)35(44)29-26-23-20-18-17-19-22-25-28-33(3)5-2/h26,29,33-36,38-41,43-44,46-48H,4-25,27-28,30-32H2,1-3H3,(H,42,45). The van der Waals surface area contributed by atoms with E-state index in [1.54, 1.807) is 6.08 Å². The maximum atomic E-state index is 12.9. The molecule has 1 aliphatic rings. The lowest BCUT2D eigenvalue weighted by Crippen LogP contribution is -2.60. The Hall–Kier alpha value is -1.07. The number of nitrogens with one attached hydrogen (secondary N) is 1. The number of rotatable bonds is 33. The third kappa shape index (κ3) is 22.8. The number of unbranched alkanes of at least 4 members (excludes halogenated alkanes) is 20. The van der Waals surface area contributed by atoms with Crippen molar-refractivity contribution in [3.8, 4) is 0 Å². The first-order valence-electron chi connectivity index (χ1n) is 20.8. The summed E-state index contributed by atoms with van der Waals surface area (Å²) in [6, 6.07) is -0.798. The van der Waals surface area contributed by atoms with E-state index >= 15 is 0 Å². The van der Waals surface area contributed by atoms with Crippen LogP contribution < -0.4 is 5.32 Å². The molecule has 0 aromatic heterocycles. The Morgan fingerprint density at radius 1 is 0.740 bits per heavy atom. The number of hydrogen-bond acceptors (Lipinski definition) is 8. The molecule has 1 heterocycles. The van der Waals surface area contributed by atoms with E-state index in [1.165, 1.54) is 116 Å². The Labute approximate surface area is 306 Å². The number of allylic oxidation sites excluding steroid dienone is 1. The molecule has 0 spiro atoms. The molecule has 6 N–H and O–H groups in total. The van der Waals surface area contributed by atoms with Gasteiger partial charge in [-0.15, -0.1) is 0 Å². The number of carbonyl (C=O) groups excluding carboxylic acids is 1. The Kier molecular flexibility index (Phi) is 29.5. The van der Waals surface area contributed by atoms with Crippen molar-refractivity contribution in [2.24, 2.45) is 5.92 Å². The van der Waals surface area contributed by atoms with Gasteiger partial charge in [0, 0.05) is 6.42 Å². The van der Waals surface area contributed by atoms with Crippen LogP contribution in [-0.4, -0.2) is 87.5 Å². The second kappa shape index (κ2) is 31.5. The molecular formula is C41H79NO8. The van der Waals surface area contributed by atoms with Crippen LogP contribution in [0.5, 0.6) is 0 Å². The third-order valence-electron chi connectivity index (χ3n) is 10.4. The topological polar surface area (TPSA) is 149 Å². The molecule has 296 valence electrons. The molecule has 0 bridgehead atoms. The first-order chi connectivity index (χ1) is 24.2. The maximum Gasteiger partial charge on any atom is 0.220 e. The average molecular weight is 714 g/mol. The summed E-state index contributed by atoms with van der Waals surface area (Å²) >= 11 is 0. The van der Waals surface area contributed by atoms with Crippen LogP contribution >= 0.6 is 0 Å². The summed E-state index contributed by atoms with van der Waals surface area (Å²) < 4.78 is 11.2. The zero-order valence-corrected chi connectivity index (χ0v) is 32.3. The molecule has 0 saturated carbocycles. The van der Waals surface area contributed by atoms with Crippen molar-refractivity contribution in [3.63, 3.8) is 0 Å². The van der Waals surface area contributed by atoms with E-state index in [0.717, 1.165) is 44.4 Å². The fraction of sp³-hybridized carbons (Fsp3) is 0.927. The molecule has 9 nitrogen and oxygen atoms in total. The van der Waals surface area contributed by atoms with Gasteiger partial charge in [-0.3, -0.25) is 4.79 Å². The Bertz CT molecular complexity index is 811. The van der Waals surface area contributed by atoms with Crippen LogP contribution in [0.3, 0.4) is 0 Å². The van der Waals surface area contributed by atoms with Crippen molar-refractivity contribution in [2.75, 3.05) is 13.2 Å². The van der Waals surface area contributed by atoms with E-state index in [1.807, 2.05) is 6.08 Å². The summed E-state index contributed by atoms with van der Waals surface area (Å²) in [7, 11) is 0. The fourth-order valence-electron chi connectivity index (χ4n) is 6.60. The van der Waals surface area contributed by atoms with Gasteiger partial charge in [0.05, 0.1) is 25.4 Å². The highest BCUT2D eigenvalue weighted by molar-refractivity contribution is 5.76. The van der Waals surface area contributed by atoms with Crippen LogP contribution in [0.25, 0.3) is 0 Å². The summed E-state index contributed by atoms with van der Waals surface area (Å²) in [5, 5.41) is 54.0. The van der Waals surface area contributed by atoms with Gasteiger partial charge in [-0.2, -0.15) is 0 Å². The molecular weight excluding hydrogens is 634 g/mol. The Morgan fingerprint density at radius 3 is 1.80 bits per heavy atom. The third-order valence-corrected chi connectivity index (χ3v) is 10.4. The lowest BCUT2D eigenvalue weighted by atomic mass is 9.99. The predicted molar refractivity (Wildman–Crippen MR) is 203 cm³/mol. The molecule has 9 heteroatoms. The van der Waals surface area contributed by atoms with Crippen molar-refractivity contribution in [1.82, 2.24) is 5.32 Å². The summed E-state index contributed by atoms with van der Waals surface area (Å²) in [4.78, 5) is 12.9. The maximum absolute atomic E-state index is 12.9. The summed E-state index contributed by atoms with van der Waals surface area (Å²) in [6.45, 7) is 6.08. The second-order valence-electron chi connectivity index (χ2n) is 15.0. The number of aliphatic hydroxyl groups is 5. The molecule has 1 saturated heterocycles. The fourth-order valence-corrected chi connectivity index (χ4v) is 6.60. The van der Waals surface area contributed by atoms with Gasteiger partial charge in [0.25, 0.3) is 0 Å². The van der Waals surface area contributed by atoms with E-state index in [9.17, 15) is 30.3 Å². The van der Waals surface area contributed by atoms with E-state index in [4.69, 9.17) is 9.47 Å². The molecule has 0 aromatic carbocycles. The van der Waals surface area contributed by atoms with Gasteiger partial charge in [-0.05, 0) is 25.2 Å². The first kappa shape index (κ1) is 47.0. The quantitative estimate of drug-likeness (QED) is 0.0300. The molecule has 1 fully saturated rings. The predicted octanol–water partition coefficient (Wildman–Crippen LogP) is 7.63. The number of ether oxygens (including phenoxy) is 2. The zero-order valence-electron chi connectivity index (χ0n) is 32.3. The molecule has 8 atom stereocenters. The van der Waals surface area contributed by atoms with Gasteiger partial charge in [-0.25, -0.2) is 0 Å². The molecule has 0 aromatic rings. The molecule has 0 aliphatic carbocycles. The van der Waals surface area contributed by atoms with E-state index in [2.05, 4.69) is 26.1 Å². The Morgan fingerprint density at radius 2 is 1.26 bits per heavy atom. The molecule has 0 radical (unpaired) electrons. The van der Waals surface area contributed by atoms with Crippen molar-refractivity contribution < 1.29 is 39.8 Å².